The maximum Gasteiger partial charge on any atom is 0.158 e. The summed E-state index contributed by atoms with van der Waals surface area (Å²) in [5.41, 5.74) is 2.61. The standard InChI is InChI=1S/C18H20N4S/c1-3-5-14-6-7-15(18(12-19)8-4-9-18)10-16(14)22(20)17-11-23-13(2)21-17/h3,5-7,10-11H,4,8-9,20H2,1-2H3/b5-3-. The molecule has 0 spiro atoms. The molecule has 2 aromatic rings. The van der Waals surface area contributed by atoms with Gasteiger partial charge >= 0.3 is 0 Å². The third-order valence-corrected chi connectivity index (χ3v) is 5.22. The first-order chi connectivity index (χ1) is 11.1. The first-order valence-corrected chi connectivity index (χ1v) is 8.63. The zero-order valence-corrected chi connectivity index (χ0v) is 14.2. The second kappa shape index (κ2) is 6.15. The van der Waals surface area contributed by atoms with E-state index in [0.717, 1.165) is 46.9 Å². The summed E-state index contributed by atoms with van der Waals surface area (Å²) in [6.45, 7) is 3.94. The highest BCUT2D eigenvalue weighted by Gasteiger charge is 2.39. The van der Waals surface area contributed by atoms with E-state index in [2.05, 4.69) is 17.1 Å². The summed E-state index contributed by atoms with van der Waals surface area (Å²) in [6.07, 6.45) is 6.97. The van der Waals surface area contributed by atoms with Gasteiger partial charge in [0.1, 0.15) is 0 Å². The molecule has 4 nitrogen and oxygen atoms in total. The molecular weight excluding hydrogens is 304 g/mol. The van der Waals surface area contributed by atoms with Crippen LogP contribution in [0, 0.1) is 18.3 Å². The third kappa shape index (κ3) is 2.76. The molecule has 1 aliphatic carbocycles. The van der Waals surface area contributed by atoms with E-state index in [0.29, 0.717) is 0 Å². The first-order valence-electron chi connectivity index (χ1n) is 7.75. The van der Waals surface area contributed by atoms with Gasteiger partial charge < -0.3 is 0 Å². The zero-order chi connectivity index (χ0) is 16.4. The molecule has 5 heteroatoms. The Labute approximate surface area is 140 Å². The van der Waals surface area contributed by atoms with Crippen LogP contribution in [-0.2, 0) is 5.41 Å². The van der Waals surface area contributed by atoms with Crippen molar-refractivity contribution in [1.82, 2.24) is 4.98 Å². The Balaban J connectivity index is 2.07. The minimum Gasteiger partial charge on any atom is -0.261 e. The van der Waals surface area contributed by atoms with Crippen LogP contribution < -0.4 is 10.9 Å². The van der Waals surface area contributed by atoms with E-state index < -0.39 is 0 Å². The molecule has 1 aromatic heterocycles. The molecule has 1 aromatic carbocycles. The summed E-state index contributed by atoms with van der Waals surface area (Å²) in [7, 11) is 0. The highest BCUT2D eigenvalue weighted by molar-refractivity contribution is 7.09. The SMILES string of the molecule is C/C=C\c1ccc(C2(C#N)CCC2)cc1N(N)c1csc(C)n1. The van der Waals surface area contributed by atoms with Crippen LogP contribution in [0.4, 0.5) is 11.5 Å². The van der Waals surface area contributed by atoms with E-state index in [1.165, 1.54) is 0 Å². The van der Waals surface area contributed by atoms with E-state index in [4.69, 9.17) is 5.84 Å². The van der Waals surface area contributed by atoms with Gasteiger partial charge in [0.25, 0.3) is 0 Å². The fourth-order valence-electron chi connectivity index (χ4n) is 2.95. The van der Waals surface area contributed by atoms with Gasteiger partial charge in [-0.05, 0) is 50.3 Å². The number of allylic oxidation sites excluding steroid dienone is 1. The fourth-order valence-corrected chi connectivity index (χ4v) is 3.54. The summed E-state index contributed by atoms with van der Waals surface area (Å²) in [5, 5.41) is 14.1. The first kappa shape index (κ1) is 15.7. The number of nitriles is 1. The maximum absolute atomic E-state index is 9.59. The van der Waals surface area contributed by atoms with E-state index in [-0.39, 0.29) is 5.41 Å². The molecule has 118 valence electrons. The molecule has 0 aliphatic heterocycles. The summed E-state index contributed by atoms with van der Waals surface area (Å²) >= 11 is 1.57. The quantitative estimate of drug-likeness (QED) is 0.667. The largest absolute Gasteiger partial charge is 0.261 e. The molecule has 1 heterocycles. The lowest BCUT2D eigenvalue weighted by atomic mass is 9.65. The molecule has 23 heavy (non-hydrogen) atoms. The Morgan fingerprint density at radius 2 is 2.22 bits per heavy atom. The molecule has 1 fully saturated rings. The Morgan fingerprint density at radius 3 is 2.74 bits per heavy atom. The number of hydrogen-bond acceptors (Lipinski definition) is 5. The van der Waals surface area contributed by atoms with Gasteiger partial charge in [0.05, 0.1) is 22.2 Å². The summed E-state index contributed by atoms with van der Waals surface area (Å²) in [6, 6.07) is 8.65. The van der Waals surface area contributed by atoms with Crippen LogP contribution in [0.1, 0.15) is 42.3 Å². The molecule has 0 saturated heterocycles. The van der Waals surface area contributed by atoms with Crippen LogP contribution in [0.3, 0.4) is 0 Å². The smallest absolute Gasteiger partial charge is 0.158 e. The molecule has 0 amide bonds. The molecule has 2 N–H and O–H groups in total. The van der Waals surface area contributed by atoms with Crippen molar-refractivity contribution >= 4 is 28.9 Å². The number of nitrogens with two attached hydrogens (primary N) is 1. The maximum atomic E-state index is 9.59. The summed E-state index contributed by atoms with van der Waals surface area (Å²) < 4.78 is 0. The zero-order valence-electron chi connectivity index (χ0n) is 13.4. The second-order valence-electron chi connectivity index (χ2n) is 5.92. The molecule has 1 saturated carbocycles. The highest BCUT2D eigenvalue weighted by atomic mass is 32.1. The minimum atomic E-state index is -0.345. The summed E-state index contributed by atoms with van der Waals surface area (Å²) in [4.78, 5) is 4.46. The van der Waals surface area contributed by atoms with Crippen molar-refractivity contribution < 1.29 is 0 Å². The average molecular weight is 324 g/mol. The molecule has 1 aliphatic rings. The fraction of sp³-hybridized carbons (Fsp3) is 0.333. The van der Waals surface area contributed by atoms with Gasteiger partial charge in [-0.1, -0.05) is 24.3 Å². The summed E-state index contributed by atoms with van der Waals surface area (Å²) in [5.74, 6) is 7.07. The van der Waals surface area contributed by atoms with E-state index in [9.17, 15) is 5.26 Å². The van der Waals surface area contributed by atoms with E-state index in [1.54, 1.807) is 16.3 Å². The van der Waals surface area contributed by atoms with E-state index >= 15 is 0 Å². The number of rotatable bonds is 4. The van der Waals surface area contributed by atoms with Gasteiger partial charge in [-0.15, -0.1) is 11.3 Å². The Kier molecular flexibility index (Phi) is 4.20. The normalized spacial score (nSPS) is 16.1. The lowest BCUT2D eigenvalue weighted by molar-refractivity contribution is 0.324. The topological polar surface area (TPSA) is 65.9 Å². The van der Waals surface area contributed by atoms with Crippen LogP contribution >= 0.6 is 11.3 Å². The van der Waals surface area contributed by atoms with Crippen molar-refractivity contribution in [3.63, 3.8) is 0 Å². The Morgan fingerprint density at radius 1 is 1.43 bits per heavy atom. The van der Waals surface area contributed by atoms with Crippen LogP contribution in [-0.4, -0.2) is 4.98 Å². The average Bonchev–Trinajstić information content (AvgIpc) is 2.94. The molecule has 0 bridgehead atoms. The number of hydrazine groups is 1. The van der Waals surface area contributed by atoms with Crippen molar-refractivity contribution in [3.05, 3.63) is 45.8 Å². The lowest BCUT2D eigenvalue weighted by Crippen LogP contribution is -2.33. The predicted molar refractivity (Wildman–Crippen MR) is 95.5 cm³/mol. The van der Waals surface area contributed by atoms with Crippen molar-refractivity contribution in [2.24, 2.45) is 5.84 Å². The van der Waals surface area contributed by atoms with Crippen molar-refractivity contribution in [3.8, 4) is 6.07 Å². The molecular formula is C18H20N4S. The van der Waals surface area contributed by atoms with Crippen LogP contribution in [0.25, 0.3) is 6.08 Å². The number of aryl methyl sites for hydroxylation is 1. The minimum absolute atomic E-state index is 0.345. The van der Waals surface area contributed by atoms with Gasteiger partial charge in [-0.2, -0.15) is 5.26 Å². The number of aromatic nitrogens is 1. The number of thiazole rings is 1. The number of anilines is 2. The second-order valence-corrected chi connectivity index (χ2v) is 6.98. The predicted octanol–water partition coefficient (Wildman–Crippen LogP) is 4.44. The Hall–Kier alpha value is -2.16. The number of hydrogen-bond donors (Lipinski definition) is 1. The van der Waals surface area contributed by atoms with E-state index in [1.807, 2.05) is 43.5 Å². The van der Waals surface area contributed by atoms with Gasteiger partial charge in [0.2, 0.25) is 0 Å². The van der Waals surface area contributed by atoms with Gasteiger partial charge in [0.15, 0.2) is 5.82 Å². The molecule has 0 atom stereocenters. The van der Waals surface area contributed by atoms with Gasteiger partial charge in [0, 0.05) is 5.38 Å². The lowest BCUT2D eigenvalue weighted by Gasteiger charge is -2.36. The van der Waals surface area contributed by atoms with Crippen LogP contribution in [0.5, 0.6) is 0 Å². The van der Waals surface area contributed by atoms with Crippen molar-refractivity contribution in [2.45, 2.75) is 38.5 Å². The van der Waals surface area contributed by atoms with Crippen LogP contribution in [0.15, 0.2) is 29.7 Å². The third-order valence-electron chi connectivity index (χ3n) is 4.46. The van der Waals surface area contributed by atoms with Gasteiger partial charge in [-0.25, -0.2) is 10.8 Å². The van der Waals surface area contributed by atoms with Gasteiger partial charge in [-0.3, -0.25) is 5.01 Å². The molecule has 0 radical (unpaired) electrons. The Bertz CT molecular complexity index is 781. The monoisotopic (exact) mass is 324 g/mol. The highest BCUT2D eigenvalue weighted by Crippen LogP contribution is 2.44. The van der Waals surface area contributed by atoms with Crippen LogP contribution in [0.2, 0.25) is 0 Å². The number of benzene rings is 1. The van der Waals surface area contributed by atoms with Crippen molar-refractivity contribution in [2.75, 3.05) is 5.01 Å². The number of nitrogens with zero attached hydrogens (tertiary/aromatic N) is 3. The molecule has 0 unspecified atom stereocenters. The van der Waals surface area contributed by atoms with Crippen molar-refractivity contribution in [1.29, 1.82) is 5.26 Å². The molecule has 3 rings (SSSR count).